The van der Waals surface area contributed by atoms with Gasteiger partial charge in [0.25, 0.3) is 0 Å². The molecule has 3 aliphatic heterocycles. The van der Waals surface area contributed by atoms with Crippen molar-refractivity contribution in [3.05, 3.63) is 120 Å². The standard InChI is InChI=1S/C45H48N8O4/c1-30(48-45(56)57-2)43(54)52-26-8-12-38(52)41-46-28-36(49-41)33-20-16-31(17-21-33)14-15-32-18-22-34(23-19-32)37-29-47-42(50-37)39-13-9-27-53(39)44(55)40(51-24-6-7-25-51)35-10-4-3-5-11-35/h3-5,10-11,16-23,28-30,38-40H,6-9,12-13,24-27H2,1-2H3,(H,46,49)(H,47,50)(H,48,56)/t30?,38-,39-,40+/m0/s1. The Morgan fingerprint density at radius 2 is 1.21 bits per heavy atom. The molecule has 3 aliphatic rings. The zero-order chi connectivity index (χ0) is 39.3. The average Bonchev–Trinajstić information content (AvgIpc) is 4.10. The van der Waals surface area contributed by atoms with E-state index in [1.54, 1.807) is 18.0 Å². The van der Waals surface area contributed by atoms with Gasteiger partial charge in [0, 0.05) is 24.2 Å². The number of methoxy groups -OCH3 is 1. The summed E-state index contributed by atoms with van der Waals surface area (Å²) in [5.74, 6) is 8.11. The van der Waals surface area contributed by atoms with Gasteiger partial charge in [-0.15, -0.1) is 0 Å². The number of nitrogens with zero attached hydrogens (tertiary/aromatic N) is 5. The van der Waals surface area contributed by atoms with Crippen LogP contribution in [0, 0.1) is 11.8 Å². The first-order valence-electron chi connectivity index (χ1n) is 19.9. The molecule has 8 rings (SSSR count). The van der Waals surface area contributed by atoms with Crippen LogP contribution in [-0.4, -0.2) is 91.9 Å². The van der Waals surface area contributed by atoms with Crippen molar-refractivity contribution >= 4 is 17.9 Å². The van der Waals surface area contributed by atoms with E-state index in [9.17, 15) is 14.4 Å². The highest BCUT2D eigenvalue weighted by atomic mass is 16.5. The van der Waals surface area contributed by atoms with Crippen LogP contribution in [0.15, 0.2) is 91.3 Å². The summed E-state index contributed by atoms with van der Waals surface area (Å²) in [6.45, 7) is 4.89. The summed E-state index contributed by atoms with van der Waals surface area (Å²) >= 11 is 0. The largest absolute Gasteiger partial charge is 0.453 e. The number of rotatable bonds is 9. The van der Waals surface area contributed by atoms with Crippen molar-refractivity contribution in [2.24, 2.45) is 0 Å². The lowest BCUT2D eigenvalue weighted by molar-refractivity contribution is -0.138. The van der Waals surface area contributed by atoms with Gasteiger partial charge in [-0.1, -0.05) is 66.4 Å². The highest BCUT2D eigenvalue weighted by molar-refractivity contribution is 5.86. The summed E-state index contributed by atoms with van der Waals surface area (Å²) < 4.78 is 4.65. The van der Waals surface area contributed by atoms with Crippen molar-refractivity contribution in [2.75, 3.05) is 33.3 Å². The zero-order valence-electron chi connectivity index (χ0n) is 32.4. The molecule has 4 atom stereocenters. The number of nitrogens with one attached hydrogen (secondary N) is 3. The van der Waals surface area contributed by atoms with E-state index in [0.717, 1.165) is 109 Å². The fourth-order valence-corrected chi connectivity index (χ4v) is 8.39. The molecule has 3 fully saturated rings. The number of alkyl carbamates (subject to hydrolysis) is 1. The molecule has 0 spiro atoms. The van der Waals surface area contributed by atoms with Crippen LogP contribution in [0.4, 0.5) is 4.79 Å². The minimum Gasteiger partial charge on any atom is -0.453 e. The molecule has 3 N–H and O–H groups in total. The summed E-state index contributed by atoms with van der Waals surface area (Å²) in [5.41, 5.74) is 6.59. The fraction of sp³-hybridized carbons (Fsp3) is 0.356. The molecule has 12 nitrogen and oxygen atoms in total. The number of ether oxygens (including phenoxy) is 1. The van der Waals surface area contributed by atoms with Gasteiger partial charge in [-0.3, -0.25) is 14.5 Å². The lowest BCUT2D eigenvalue weighted by atomic mass is 10.0. The third kappa shape index (κ3) is 8.20. The summed E-state index contributed by atoms with van der Waals surface area (Å²) in [6, 6.07) is 25.1. The van der Waals surface area contributed by atoms with E-state index in [1.807, 2.05) is 77.8 Å². The van der Waals surface area contributed by atoms with Gasteiger partial charge in [0.05, 0.1) is 43.0 Å². The molecule has 3 saturated heterocycles. The van der Waals surface area contributed by atoms with Gasteiger partial charge in [0.15, 0.2) is 0 Å². The van der Waals surface area contributed by atoms with E-state index >= 15 is 0 Å². The Kier molecular flexibility index (Phi) is 11.2. The van der Waals surface area contributed by atoms with E-state index in [0.29, 0.717) is 6.54 Å². The number of hydrogen-bond acceptors (Lipinski definition) is 7. The van der Waals surface area contributed by atoms with Crippen LogP contribution in [0.2, 0.25) is 0 Å². The summed E-state index contributed by atoms with van der Waals surface area (Å²) in [4.78, 5) is 61.4. The number of aromatic amines is 2. The number of aromatic nitrogens is 4. The number of hydrogen-bond donors (Lipinski definition) is 3. The first-order valence-corrected chi connectivity index (χ1v) is 19.9. The van der Waals surface area contributed by atoms with Gasteiger partial charge in [-0.2, -0.15) is 0 Å². The summed E-state index contributed by atoms with van der Waals surface area (Å²) in [7, 11) is 1.28. The number of H-pyrrole nitrogens is 2. The first kappa shape index (κ1) is 37.7. The van der Waals surface area contributed by atoms with Crippen LogP contribution in [0.1, 0.15) is 91.9 Å². The smallest absolute Gasteiger partial charge is 0.407 e. The monoisotopic (exact) mass is 764 g/mol. The maximum absolute atomic E-state index is 14.2. The molecule has 0 aliphatic carbocycles. The minimum atomic E-state index is -0.699. The Morgan fingerprint density at radius 1 is 0.702 bits per heavy atom. The molecule has 0 radical (unpaired) electrons. The summed E-state index contributed by atoms with van der Waals surface area (Å²) in [5, 5.41) is 2.56. The third-order valence-corrected chi connectivity index (χ3v) is 11.4. The number of carbonyl (C=O) groups is 3. The molecule has 0 saturated carbocycles. The predicted octanol–water partition coefficient (Wildman–Crippen LogP) is 6.78. The highest BCUT2D eigenvalue weighted by Gasteiger charge is 2.39. The second kappa shape index (κ2) is 16.9. The number of amides is 3. The van der Waals surface area contributed by atoms with Gasteiger partial charge in [0.1, 0.15) is 23.7 Å². The molecule has 3 aromatic carbocycles. The highest BCUT2D eigenvalue weighted by Crippen LogP contribution is 2.37. The second-order valence-corrected chi connectivity index (χ2v) is 15.1. The van der Waals surface area contributed by atoms with E-state index < -0.39 is 12.1 Å². The van der Waals surface area contributed by atoms with E-state index in [1.165, 1.54) is 7.11 Å². The first-order chi connectivity index (χ1) is 27.9. The van der Waals surface area contributed by atoms with Crippen LogP contribution in [-0.2, 0) is 14.3 Å². The van der Waals surface area contributed by atoms with Crippen LogP contribution in [0.5, 0.6) is 0 Å². The Bertz CT molecular complexity index is 2250. The molecular weight excluding hydrogens is 717 g/mol. The SMILES string of the molecule is COC(=O)NC(C)C(=O)N1CCC[C@H]1c1ncc(-c2ccc(C#Cc3ccc(-c4cnc([C@@H]5CCCN5C(=O)[C@@H](c5ccccc5)N5CCCC5)[nH]4)cc3)cc2)[nH]1. The van der Waals surface area contributed by atoms with E-state index in [4.69, 9.17) is 4.98 Å². The van der Waals surface area contributed by atoms with Crippen molar-refractivity contribution in [1.29, 1.82) is 0 Å². The van der Waals surface area contributed by atoms with E-state index in [-0.39, 0.29) is 29.9 Å². The molecular formula is C45H48N8O4. The number of likely N-dealkylation sites (tertiary alicyclic amines) is 3. The van der Waals surface area contributed by atoms with Crippen molar-refractivity contribution < 1.29 is 19.1 Å². The fourth-order valence-electron chi connectivity index (χ4n) is 8.39. The Hall–Kier alpha value is -6.19. The number of imidazole rings is 2. The van der Waals surface area contributed by atoms with Crippen molar-refractivity contribution in [1.82, 2.24) is 40.0 Å². The Morgan fingerprint density at radius 3 is 1.72 bits per heavy atom. The third-order valence-electron chi connectivity index (χ3n) is 11.4. The molecule has 5 aromatic rings. The molecule has 5 heterocycles. The summed E-state index contributed by atoms with van der Waals surface area (Å²) in [6.07, 6.45) is 8.76. The molecule has 57 heavy (non-hydrogen) atoms. The number of benzene rings is 3. The topological polar surface area (TPSA) is 140 Å². The van der Waals surface area contributed by atoms with Crippen LogP contribution < -0.4 is 5.32 Å². The van der Waals surface area contributed by atoms with Gasteiger partial charge in [0.2, 0.25) is 11.8 Å². The van der Waals surface area contributed by atoms with Gasteiger partial charge >= 0.3 is 6.09 Å². The van der Waals surface area contributed by atoms with Gasteiger partial charge < -0.3 is 29.8 Å². The van der Waals surface area contributed by atoms with Crippen LogP contribution >= 0.6 is 0 Å². The molecule has 0 bridgehead atoms. The predicted molar refractivity (Wildman–Crippen MR) is 216 cm³/mol. The van der Waals surface area contributed by atoms with Gasteiger partial charge in [-0.05, 0) is 99.5 Å². The van der Waals surface area contributed by atoms with Crippen molar-refractivity contribution in [2.45, 2.75) is 69.6 Å². The molecule has 292 valence electrons. The number of carbonyl (C=O) groups excluding carboxylic acids is 3. The Balaban J connectivity index is 0.896. The quantitative estimate of drug-likeness (QED) is 0.141. The lowest BCUT2D eigenvalue weighted by Gasteiger charge is -2.33. The molecule has 3 amide bonds. The average molecular weight is 765 g/mol. The molecule has 12 heteroatoms. The maximum Gasteiger partial charge on any atom is 0.407 e. The van der Waals surface area contributed by atoms with Crippen LogP contribution in [0.3, 0.4) is 0 Å². The van der Waals surface area contributed by atoms with Crippen molar-refractivity contribution in [3.63, 3.8) is 0 Å². The van der Waals surface area contributed by atoms with E-state index in [2.05, 4.69) is 53.9 Å². The van der Waals surface area contributed by atoms with Gasteiger partial charge in [-0.25, -0.2) is 14.8 Å². The molecule has 1 unspecified atom stereocenters. The zero-order valence-corrected chi connectivity index (χ0v) is 32.4. The molecule has 2 aromatic heterocycles. The minimum absolute atomic E-state index is 0.0766. The second-order valence-electron chi connectivity index (χ2n) is 15.1. The normalized spacial score (nSPS) is 19.2. The Labute approximate surface area is 333 Å². The lowest BCUT2D eigenvalue weighted by Crippen LogP contribution is -2.46. The van der Waals surface area contributed by atoms with Crippen molar-refractivity contribution in [3.8, 4) is 34.4 Å². The van der Waals surface area contributed by atoms with Crippen LogP contribution in [0.25, 0.3) is 22.5 Å². The maximum atomic E-state index is 14.2.